The van der Waals surface area contributed by atoms with Gasteiger partial charge in [-0.1, -0.05) is 17.7 Å². The summed E-state index contributed by atoms with van der Waals surface area (Å²) in [4.78, 5) is 11.8. The van der Waals surface area contributed by atoms with E-state index < -0.39 is 21.8 Å². The quantitative estimate of drug-likeness (QED) is 0.821. The highest BCUT2D eigenvalue weighted by molar-refractivity contribution is 7.86. The molecule has 1 aliphatic carbocycles. The van der Waals surface area contributed by atoms with Gasteiger partial charge in [0.15, 0.2) is 0 Å². The average Bonchev–Trinajstić information content (AvgIpc) is 2.39. The summed E-state index contributed by atoms with van der Waals surface area (Å²) in [6, 6.07) is 6.56. The molecule has 1 amide bonds. The number of rotatable bonds is 5. The monoisotopic (exact) mass is 355 g/mol. The summed E-state index contributed by atoms with van der Waals surface area (Å²) >= 11 is 0. The number of carbonyl (C=O) groups is 1. The van der Waals surface area contributed by atoms with Gasteiger partial charge in [0.2, 0.25) is 0 Å². The second kappa shape index (κ2) is 7.11. The van der Waals surface area contributed by atoms with E-state index in [1.54, 1.807) is 32.9 Å². The van der Waals surface area contributed by atoms with Crippen LogP contribution in [-0.2, 0) is 19.0 Å². The van der Waals surface area contributed by atoms with Crippen molar-refractivity contribution < 1.29 is 22.1 Å². The first-order valence-electron chi connectivity index (χ1n) is 8.01. The van der Waals surface area contributed by atoms with Gasteiger partial charge in [-0.25, -0.2) is 4.79 Å². The SMILES string of the molecule is Cc1ccc(S(=O)(=O)OC[C@H]2C[C@@H](NC(=O)OC(C)(C)C)C2)cc1. The van der Waals surface area contributed by atoms with Crippen molar-refractivity contribution in [3.05, 3.63) is 29.8 Å². The maximum Gasteiger partial charge on any atom is 0.407 e. The molecule has 1 aromatic carbocycles. The van der Waals surface area contributed by atoms with Gasteiger partial charge in [0.25, 0.3) is 10.1 Å². The van der Waals surface area contributed by atoms with Gasteiger partial charge in [0.05, 0.1) is 11.5 Å². The van der Waals surface area contributed by atoms with Crippen LogP contribution in [0.2, 0.25) is 0 Å². The van der Waals surface area contributed by atoms with Crippen molar-refractivity contribution in [3.8, 4) is 0 Å². The lowest BCUT2D eigenvalue weighted by molar-refractivity contribution is 0.0429. The lowest BCUT2D eigenvalue weighted by atomic mass is 9.81. The first kappa shape index (κ1) is 18.7. The molecule has 0 radical (unpaired) electrons. The molecule has 1 fully saturated rings. The van der Waals surface area contributed by atoms with Gasteiger partial charge in [-0.2, -0.15) is 8.42 Å². The zero-order valence-electron chi connectivity index (χ0n) is 14.5. The number of amides is 1. The molecule has 0 aliphatic heterocycles. The zero-order valence-corrected chi connectivity index (χ0v) is 15.4. The highest BCUT2D eigenvalue weighted by atomic mass is 32.2. The number of hydrogen-bond acceptors (Lipinski definition) is 5. The molecule has 0 saturated heterocycles. The standard InChI is InChI=1S/C17H25NO5S/c1-12-5-7-15(8-6-12)24(20,21)22-11-13-9-14(10-13)18-16(19)23-17(2,3)4/h5-8,13-14H,9-11H2,1-4H3,(H,18,19)/t13-,14+. The largest absolute Gasteiger partial charge is 0.444 e. The molecular formula is C17H25NO5S. The van der Waals surface area contributed by atoms with Crippen LogP contribution in [0, 0.1) is 12.8 Å². The molecule has 1 saturated carbocycles. The molecule has 0 unspecified atom stereocenters. The van der Waals surface area contributed by atoms with E-state index in [2.05, 4.69) is 5.32 Å². The molecule has 0 bridgehead atoms. The van der Waals surface area contributed by atoms with E-state index in [4.69, 9.17) is 8.92 Å². The summed E-state index contributed by atoms with van der Waals surface area (Å²) in [5.74, 6) is 0.116. The number of alkyl carbamates (subject to hydrolysis) is 1. The third-order valence-corrected chi connectivity index (χ3v) is 5.02. The molecule has 0 spiro atoms. The minimum Gasteiger partial charge on any atom is -0.444 e. The topological polar surface area (TPSA) is 81.7 Å². The first-order chi connectivity index (χ1) is 11.0. The summed E-state index contributed by atoms with van der Waals surface area (Å²) in [6.07, 6.45) is 0.921. The first-order valence-corrected chi connectivity index (χ1v) is 9.41. The number of carbonyl (C=O) groups excluding carboxylic acids is 1. The van der Waals surface area contributed by atoms with Crippen molar-refractivity contribution in [2.45, 2.75) is 57.1 Å². The van der Waals surface area contributed by atoms with Crippen LogP contribution in [0.15, 0.2) is 29.2 Å². The molecule has 2 rings (SSSR count). The summed E-state index contributed by atoms with van der Waals surface area (Å²) < 4.78 is 34.5. The third kappa shape index (κ3) is 5.49. The highest BCUT2D eigenvalue weighted by Crippen LogP contribution is 2.29. The van der Waals surface area contributed by atoms with E-state index in [-0.39, 0.29) is 23.5 Å². The van der Waals surface area contributed by atoms with E-state index in [1.807, 2.05) is 6.92 Å². The Morgan fingerprint density at radius 3 is 2.33 bits per heavy atom. The fraction of sp³-hybridized carbons (Fsp3) is 0.588. The molecular weight excluding hydrogens is 330 g/mol. The number of ether oxygens (including phenoxy) is 1. The number of aryl methyl sites for hydroxylation is 1. The molecule has 1 aliphatic rings. The van der Waals surface area contributed by atoms with E-state index in [1.165, 1.54) is 12.1 Å². The van der Waals surface area contributed by atoms with Gasteiger partial charge in [-0.3, -0.25) is 4.18 Å². The van der Waals surface area contributed by atoms with Crippen molar-refractivity contribution >= 4 is 16.2 Å². The minimum atomic E-state index is -3.72. The molecule has 0 heterocycles. The third-order valence-electron chi connectivity index (χ3n) is 3.73. The number of benzene rings is 1. The van der Waals surface area contributed by atoms with Crippen LogP contribution in [0.3, 0.4) is 0 Å². The van der Waals surface area contributed by atoms with Crippen molar-refractivity contribution in [3.63, 3.8) is 0 Å². The Labute approximate surface area is 143 Å². The lowest BCUT2D eigenvalue weighted by Gasteiger charge is -2.35. The molecule has 0 aromatic heterocycles. The zero-order chi connectivity index (χ0) is 18.0. The number of hydrogen-bond donors (Lipinski definition) is 1. The summed E-state index contributed by atoms with van der Waals surface area (Å²) in [7, 11) is -3.72. The molecule has 134 valence electrons. The van der Waals surface area contributed by atoms with Crippen LogP contribution in [-0.4, -0.2) is 32.8 Å². The molecule has 6 nitrogen and oxygen atoms in total. The summed E-state index contributed by atoms with van der Waals surface area (Å²) in [5.41, 5.74) is 0.461. The maximum atomic E-state index is 12.1. The Balaban J connectivity index is 1.74. The van der Waals surface area contributed by atoms with Crippen LogP contribution in [0.5, 0.6) is 0 Å². The average molecular weight is 355 g/mol. The predicted molar refractivity (Wildman–Crippen MR) is 90.2 cm³/mol. The van der Waals surface area contributed by atoms with Crippen LogP contribution >= 0.6 is 0 Å². The van der Waals surface area contributed by atoms with Crippen molar-refractivity contribution in [1.29, 1.82) is 0 Å². The van der Waals surface area contributed by atoms with Gasteiger partial charge in [0, 0.05) is 6.04 Å². The summed E-state index contributed by atoms with van der Waals surface area (Å²) in [5, 5.41) is 2.77. The Hall–Kier alpha value is -1.60. The smallest absolute Gasteiger partial charge is 0.407 e. The molecule has 0 atom stereocenters. The highest BCUT2D eigenvalue weighted by Gasteiger charge is 2.33. The second-order valence-electron chi connectivity index (χ2n) is 7.23. The van der Waals surface area contributed by atoms with Gasteiger partial charge in [-0.05, 0) is 58.6 Å². The van der Waals surface area contributed by atoms with Gasteiger partial charge >= 0.3 is 6.09 Å². The maximum absolute atomic E-state index is 12.1. The molecule has 1 aromatic rings. The van der Waals surface area contributed by atoms with E-state index in [9.17, 15) is 13.2 Å². The Morgan fingerprint density at radius 1 is 1.21 bits per heavy atom. The van der Waals surface area contributed by atoms with Crippen molar-refractivity contribution in [2.75, 3.05) is 6.61 Å². The Kier molecular flexibility index (Phi) is 5.55. The van der Waals surface area contributed by atoms with Gasteiger partial charge in [0.1, 0.15) is 5.60 Å². The second-order valence-corrected chi connectivity index (χ2v) is 8.85. The molecule has 7 heteroatoms. The van der Waals surface area contributed by atoms with Crippen LogP contribution in [0.25, 0.3) is 0 Å². The minimum absolute atomic E-state index is 0.00975. The fourth-order valence-electron chi connectivity index (χ4n) is 2.42. The van der Waals surface area contributed by atoms with E-state index >= 15 is 0 Å². The Bertz CT molecular complexity index is 670. The van der Waals surface area contributed by atoms with Crippen LogP contribution < -0.4 is 5.32 Å². The van der Waals surface area contributed by atoms with Crippen LogP contribution in [0.4, 0.5) is 4.79 Å². The molecule has 1 N–H and O–H groups in total. The van der Waals surface area contributed by atoms with Gasteiger partial charge in [-0.15, -0.1) is 0 Å². The van der Waals surface area contributed by atoms with E-state index in [0.717, 1.165) is 5.56 Å². The lowest BCUT2D eigenvalue weighted by Crippen LogP contribution is -2.47. The van der Waals surface area contributed by atoms with E-state index in [0.29, 0.717) is 12.8 Å². The predicted octanol–water partition coefficient (Wildman–Crippen LogP) is 3.00. The van der Waals surface area contributed by atoms with Crippen LogP contribution in [0.1, 0.15) is 39.2 Å². The Morgan fingerprint density at radius 2 is 1.79 bits per heavy atom. The van der Waals surface area contributed by atoms with Crippen molar-refractivity contribution in [2.24, 2.45) is 5.92 Å². The normalized spacial score (nSPS) is 21.0. The number of nitrogens with one attached hydrogen (secondary N) is 1. The summed E-state index contributed by atoms with van der Waals surface area (Å²) in [6.45, 7) is 7.44. The fourth-order valence-corrected chi connectivity index (χ4v) is 3.40. The van der Waals surface area contributed by atoms with Crippen molar-refractivity contribution in [1.82, 2.24) is 5.32 Å². The molecule has 24 heavy (non-hydrogen) atoms. The van der Waals surface area contributed by atoms with Gasteiger partial charge < -0.3 is 10.1 Å².